The molecule has 0 unspecified atom stereocenters. The predicted octanol–water partition coefficient (Wildman–Crippen LogP) is 5.31. The highest BCUT2D eigenvalue weighted by Crippen LogP contribution is 2.24. The number of hydrogen-bond acceptors (Lipinski definition) is 3. The quantitative estimate of drug-likeness (QED) is 0.542. The molecule has 0 fully saturated rings. The van der Waals surface area contributed by atoms with Crippen molar-refractivity contribution < 1.29 is 14.3 Å². The van der Waals surface area contributed by atoms with Gasteiger partial charge in [-0.15, -0.1) is 0 Å². The van der Waals surface area contributed by atoms with Crippen LogP contribution in [-0.2, 0) is 6.61 Å². The molecular formula is C24H23ClN2O3. The van der Waals surface area contributed by atoms with Gasteiger partial charge in [0.05, 0.1) is 10.7 Å². The van der Waals surface area contributed by atoms with E-state index in [1.54, 1.807) is 30.3 Å². The number of carbonyl (C=O) groups excluding carboxylic acids is 2. The molecule has 3 rings (SSSR count). The van der Waals surface area contributed by atoms with Gasteiger partial charge in [-0.2, -0.15) is 0 Å². The average Bonchev–Trinajstić information content (AvgIpc) is 2.74. The molecule has 30 heavy (non-hydrogen) atoms. The van der Waals surface area contributed by atoms with Crippen molar-refractivity contribution in [2.45, 2.75) is 26.5 Å². The Kier molecular flexibility index (Phi) is 7.09. The summed E-state index contributed by atoms with van der Waals surface area (Å²) in [7, 11) is 0. The van der Waals surface area contributed by atoms with Gasteiger partial charge in [0.25, 0.3) is 11.8 Å². The van der Waals surface area contributed by atoms with Gasteiger partial charge in [0, 0.05) is 22.7 Å². The Bertz CT molecular complexity index is 1040. The molecule has 0 bridgehead atoms. The first-order chi connectivity index (χ1) is 14.4. The van der Waals surface area contributed by atoms with E-state index in [-0.39, 0.29) is 24.5 Å². The topological polar surface area (TPSA) is 67.4 Å². The lowest BCUT2D eigenvalue weighted by Crippen LogP contribution is -2.30. The second kappa shape index (κ2) is 9.94. The lowest BCUT2D eigenvalue weighted by atomic mass is 10.1. The third-order valence-electron chi connectivity index (χ3n) is 4.30. The normalized spacial score (nSPS) is 10.5. The number of ether oxygens (including phenoxy) is 1. The largest absolute Gasteiger partial charge is 0.489 e. The van der Waals surface area contributed by atoms with Gasteiger partial charge in [0.1, 0.15) is 12.4 Å². The van der Waals surface area contributed by atoms with E-state index in [0.29, 0.717) is 21.8 Å². The number of anilines is 1. The van der Waals surface area contributed by atoms with Crippen molar-refractivity contribution in [3.05, 3.63) is 94.5 Å². The summed E-state index contributed by atoms with van der Waals surface area (Å²) in [6, 6.07) is 21.4. The molecule has 0 aromatic heterocycles. The fourth-order valence-corrected chi connectivity index (χ4v) is 3.01. The summed E-state index contributed by atoms with van der Waals surface area (Å²) in [4.78, 5) is 25.2. The summed E-state index contributed by atoms with van der Waals surface area (Å²) >= 11 is 6.25. The zero-order valence-corrected chi connectivity index (χ0v) is 17.6. The SMILES string of the molecule is CC(C)NC(=O)c1ccc(Cl)c(NC(=O)c2ccccc2COc2ccccc2)c1. The number of carbonyl (C=O) groups is 2. The molecule has 2 N–H and O–H groups in total. The van der Waals surface area contributed by atoms with Crippen LogP contribution in [0.25, 0.3) is 0 Å². The lowest BCUT2D eigenvalue weighted by molar-refractivity contribution is 0.0941. The van der Waals surface area contributed by atoms with Crippen molar-refractivity contribution in [3.63, 3.8) is 0 Å². The molecule has 6 heteroatoms. The van der Waals surface area contributed by atoms with Crippen LogP contribution < -0.4 is 15.4 Å². The predicted molar refractivity (Wildman–Crippen MR) is 119 cm³/mol. The Morgan fingerprint density at radius 3 is 2.37 bits per heavy atom. The number of nitrogens with one attached hydrogen (secondary N) is 2. The zero-order valence-electron chi connectivity index (χ0n) is 16.8. The van der Waals surface area contributed by atoms with Gasteiger partial charge in [-0.25, -0.2) is 0 Å². The zero-order chi connectivity index (χ0) is 21.5. The molecule has 3 aromatic carbocycles. The average molecular weight is 423 g/mol. The molecule has 0 aliphatic rings. The highest BCUT2D eigenvalue weighted by atomic mass is 35.5. The van der Waals surface area contributed by atoms with Crippen LogP contribution in [0.3, 0.4) is 0 Å². The molecule has 0 saturated carbocycles. The molecular weight excluding hydrogens is 400 g/mol. The second-order valence-electron chi connectivity index (χ2n) is 7.04. The first-order valence-electron chi connectivity index (χ1n) is 9.61. The molecule has 154 valence electrons. The van der Waals surface area contributed by atoms with E-state index in [1.807, 2.05) is 56.3 Å². The second-order valence-corrected chi connectivity index (χ2v) is 7.44. The molecule has 0 aliphatic heterocycles. The number of hydrogen-bond donors (Lipinski definition) is 2. The van der Waals surface area contributed by atoms with E-state index in [9.17, 15) is 9.59 Å². The minimum absolute atomic E-state index is 0.00251. The van der Waals surface area contributed by atoms with Crippen LogP contribution in [0.15, 0.2) is 72.8 Å². The maximum Gasteiger partial charge on any atom is 0.256 e. The fraction of sp³-hybridized carbons (Fsp3) is 0.167. The molecule has 5 nitrogen and oxygen atoms in total. The number of halogens is 1. The van der Waals surface area contributed by atoms with Crippen LogP contribution in [0.5, 0.6) is 5.75 Å². The van der Waals surface area contributed by atoms with E-state index >= 15 is 0 Å². The Hall–Kier alpha value is -3.31. The minimum Gasteiger partial charge on any atom is -0.489 e. The smallest absolute Gasteiger partial charge is 0.256 e. The van der Waals surface area contributed by atoms with E-state index in [0.717, 1.165) is 11.3 Å². The molecule has 0 saturated heterocycles. The molecule has 0 spiro atoms. The number of para-hydroxylation sites is 1. The third-order valence-corrected chi connectivity index (χ3v) is 4.63. The maximum atomic E-state index is 12.9. The first-order valence-corrected chi connectivity index (χ1v) is 9.99. The Morgan fingerprint density at radius 1 is 0.933 bits per heavy atom. The van der Waals surface area contributed by atoms with Crippen molar-refractivity contribution in [2.75, 3.05) is 5.32 Å². The monoisotopic (exact) mass is 422 g/mol. The van der Waals surface area contributed by atoms with Crippen molar-refractivity contribution in [2.24, 2.45) is 0 Å². The van der Waals surface area contributed by atoms with Crippen LogP contribution in [0.4, 0.5) is 5.69 Å². The van der Waals surface area contributed by atoms with Crippen LogP contribution >= 0.6 is 11.6 Å². The first kappa shape index (κ1) is 21.4. The van der Waals surface area contributed by atoms with E-state index < -0.39 is 0 Å². The summed E-state index contributed by atoms with van der Waals surface area (Å²) in [5.74, 6) is 0.166. The van der Waals surface area contributed by atoms with Gasteiger partial charge in [0.15, 0.2) is 0 Å². The van der Waals surface area contributed by atoms with Crippen molar-refractivity contribution in [1.29, 1.82) is 0 Å². The molecule has 2 amide bonds. The summed E-state index contributed by atoms with van der Waals surface area (Å²) in [5.41, 5.74) is 2.01. The summed E-state index contributed by atoms with van der Waals surface area (Å²) in [6.45, 7) is 4.01. The van der Waals surface area contributed by atoms with Crippen molar-refractivity contribution >= 4 is 29.1 Å². The number of benzene rings is 3. The lowest BCUT2D eigenvalue weighted by Gasteiger charge is -2.14. The van der Waals surface area contributed by atoms with Crippen LogP contribution in [0, 0.1) is 0 Å². The molecule has 0 heterocycles. The maximum absolute atomic E-state index is 12.9. The van der Waals surface area contributed by atoms with Crippen LogP contribution in [-0.4, -0.2) is 17.9 Å². The van der Waals surface area contributed by atoms with Crippen molar-refractivity contribution in [3.8, 4) is 5.75 Å². The van der Waals surface area contributed by atoms with Crippen LogP contribution in [0.1, 0.15) is 40.1 Å². The van der Waals surface area contributed by atoms with E-state index in [4.69, 9.17) is 16.3 Å². The minimum atomic E-state index is -0.328. The third kappa shape index (κ3) is 5.61. The van der Waals surface area contributed by atoms with Gasteiger partial charge in [-0.1, -0.05) is 48.0 Å². The van der Waals surface area contributed by atoms with Crippen molar-refractivity contribution in [1.82, 2.24) is 5.32 Å². The standard InChI is InChI=1S/C24H23ClN2O3/c1-16(2)26-23(28)17-12-13-21(25)22(14-17)27-24(29)20-11-7-6-8-18(20)15-30-19-9-4-3-5-10-19/h3-14,16H,15H2,1-2H3,(H,26,28)(H,27,29). The summed E-state index contributed by atoms with van der Waals surface area (Å²) in [5, 5.41) is 5.98. The number of amides is 2. The van der Waals surface area contributed by atoms with Gasteiger partial charge in [-0.05, 0) is 50.2 Å². The van der Waals surface area contributed by atoms with Gasteiger partial charge >= 0.3 is 0 Å². The molecule has 3 aromatic rings. The highest BCUT2D eigenvalue weighted by molar-refractivity contribution is 6.34. The highest BCUT2D eigenvalue weighted by Gasteiger charge is 2.15. The molecule has 0 atom stereocenters. The van der Waals surface area contributed by atoms with Gasteiger partial charge < -0.3 is 15.4 Å². The van der Waals surface area contributed by atoms with Crippen LogP contribution in [0.2, 0.25) is 5.02 Å². The summed E-state index contributed by atoms with van der Waals surface area (Å²) in [6.07, 6.45) is 0. The number of rotatable bonds is 7. The van der Waals surface area contributed by atoms with E-state index in [2.05, 4.69) is 10.6 Å². The Labute approximate surface area is 181 Å². The Balaban J connectivity index is 1.77. The summed E-state index contributed by atoms with van der Waals surface area (Å²) < 4.78 is 5.79. The van der Waals surface area contributed by atoms with Gasteiger partial charge in [0.2, 0.25) is 0 Å². The molecule has 0 radical (unpaired) electrons. The Morgan fingerprint density at radius 2 is 1.63 bits per heavy atom. The fourth-order valence-electron chi connectivity index (χ4n) is 2.84. The molecule has 0 aliphatic carbocycles. The van der Waals surface area contributed by atoms with E-state index in [1.165, 1.54) is 0 Å². The van der Waals surface area contributed by atoms with Gasteiger partial charge in [-0.3, -0.25) is 9.59 Å².